The summed E-state index contributed by atoms with van der Waals surface area (Å²) < 4.78 is 0. The van der Waals surface area contributed by atoms with Gasteiger partial charge in [0, 0.05) is 34.9 Å². The molecule has 2 heterocycles. The van der Waals surface area contributed by atoms with Crippen LogP contribution >= 0.6 is 12.2 Å². The van der Waals surface area contributed by atoms with Gasteiger partial charge in [0.15, 0.2) is 0 Å². The minimum atomic E-state index is -0.545. The highest BCUT2D eigenvalue weighted by Gasteiger charge is 2.33. The third-order valence-electron chi connectivity index (χ3n) is 3.94. The highest BCUT2D eigenvalue weighted by Crippen LogP contribution is 2.36. The van der Waals surface area contributed by atoms with Crippen LogP contribution in [0.2, 0.25) is 0 Å². The van der Waals surface area contributed by atoms with Crippen LogP contribution in [0.3, 0.4) is 0 Å². The van der Waals surface area contributed by atoms with E-state index in [2.05, 4.69) is 21.5 Å². The second-order valence-electron chi connectivity index (χ2n) is 5.56. The van der Waals surface area contributed by atoms with Gasteiger partial charge < -0.3 is 16.0 Å². The smallest absolute Gasteiger partial charge is 0.254 e. The van der Waals surface area contributed by atoms with Gasteiger partial charge in [-0.25, -0.2) is 0 Å². The molecule has 0 saturated carbocycles. The van der Waals surface area contributed by atoms with E-state index in [9.17, 15) is 10.2 Å². The number of carbonyl (C=O) groups excluding carboxylic acids is 1. The van der Waals surface area contributed by atoms with Crippen LogP contribution in [0.15, 0.2) is 71.7 Å². The van der Waals surface area contributed by atoms with E-state index in [4.69, 9.17) is 12.2 Å². The maximum atomic E-state index is 12.9. The first kappa shape index (κ1) is 16.8. The maximum Gasteiger partial charge on any atom is 0.254 e. The second-order valence-corrected chi connectivity index (χ2v) is 5.97. The van der Waals surface area contributed by atoms with Gasteiger partial charge in [-0.2, -0.15) is 0 Å². The van der Waals surface area contributed by atoms with Gasteiger partial charge in [0.05, 0.1) is 5.92 Å². The molecule has 0 fully saturated rings. The number of nitrogens with zero attached hydrogens (tertiary/aromatic N) is 2. The van der Waals surface area contributed by atoms with Crippen LogP contribution in [0, 0.1) is 0 Å². The molecule has 0 spiro atoms. The van der Waals surface area contributed by atoms with Crippen LogP contribution in [0.1, 0.15) is 18.4 Å². The minimum absolute atomic E-state index is 0.277. The van der Waals surface area contributed by atoms with Gasteiger partial charge in [0.1, 0.15) is 4.99 Å². The fraction of sp³-hybridized carbons (Fsp3) is 0.105. The summed E-state index contributed by atoms with van der Waals surface area (Å²) >= 11 is 5.29. The minimum Gasteiger partial charge on any atom is -0.763 e. The van der Waals surface area contributed by atoms with Crippen LogP contribution in [0.25, 0.3) is 5.41 Å². The fourth-order valence-electron chi connectivity index (χ4n) is 2.81. The molecule has 1 aromatic carbocycles. The number of carbonyl (C=O) groups is 1. The molecule has 2 aromatic rings. The Morgan fingerprint density at radius 1 is 1.28 bits per heavy atom. The maximum absolute atomic E-state index is 12.9. The van der Waals surface area contributed by atoms with Crippen molar-refractivity contribution in [1.29, 1.82) is 0 Å². The topological polar surface area (TPSA) is 76.3 Å². The number of amides is 1. The van der Waals surface area contributed by atoms with Crippen LogP contribution in [0.4, 0.5) is 5.69 Å². The number of aromatic nitrogens is 1. The standard InChI is InChI=1S/C19H15N4OS/c1-12-16(18(24)23-14-7-3-2-4-8-14)17(13-6-5-9-21-11-13)15(10-20)19(25)22-12/h2-9,11,17H,1H3,(H,22,25)(H,23,24)/q-1. The van der Waals surface area contributed by atoms with Crippen molar-refractivity contribution in [2.45, 2.75) is 12.8 Å². The van der Waals surface area contributed by atoms with Crippen molar-refractivity contribution >= 4 is 34.7 Å². The molecular formula is C19H15N4OS-. The van der Waals surface area contributed by atoms with E-state index in [0.29, 0.717) is 27.5 Å². The molecule has 0 saturated heterocycles. The number of thiocarbonyl (C=S) groups is 1. The van der Waals surface area contributed by atoms with Crippen molar-refractivity contribution in [1.82, 2.24) is 10.3 Å². The Balaban J connectivity index is 2.07. The zero-order valence-electron chi connectivity index (χ0n) is 13.5. The number of allylic oxidation sites excluding steroid dienone is 1. The molecule has 2 N–H and O–H groups in total. The zero-order chi connectivity index (χ0) is 17.8. The summed E-state index contributed by atoms with van der Waals surface area (Å²) in [6, 6.07) is 12.8. The lowest BCUT2D eigenvalue weighted by atomic mass is 9.82. The fourth-order valence-corrected chi connectivity index (χ4v) is 3.13. The molecule has 124 valence electrons. The molecule has 0 bridgehead atoms. The van der Waals surface area contributed by atoms with E-state index in [-0.39, 0.29) is 5.91 Å². The second kappa shape index (κ2) is 7.21. The Bertz CT molecular complexity index is 900. The normalized spacial score (nSPS) is 16.9. The SMILES string of the molecule is CC1=C(C(=O)Nc2ccccc2)C(c2cccnc2)C(=C=[N-])C(=S)N1. The molecule has 5 nitrogen and oxygen atoms in total. The van der Waals surface area contributed by atoms with E-state index in [1.807, 2.05) is 36.4 Å². The number of hydrogen-bond donors (Lipinski definition) is 2. The summed E-state index contributed by atoms with van der Waals surface area (Å²) in [6.45, 7) is 1.78. The van der Waals surface area contributed by atoms with Gasteiger partial charge in [-0.05, 0) is 30.7 Å². The van der Waals surface area contributed by atoms with E-state index < -0.39 is 5.92 Å². The number of benzene rings is 1. The molecule has 0 radical (unpaired) electrons. The average molecular weight is 347 g/mol. The Labute approximate surface area is 151 Å². The van der Waals surface area contributed by atoms with Gasteiger partial charge in [-0.3, -0.25) is 15.6 Å². The Morgan fingerprint density at radius 3 is 2.68 bits per heavy atom. The molecule has 0 aliphatic carbocycles. The van der Waals surface area contributed by atoms with Crippen LogP contribution in [-0.4, -0.2) is 21.7 Å². The number of nitrogens with one attached hydrogen (secondary N) is 2. The van der Waals surface area contributed by atoms with Gasteiger partial charge in [0.2, 0.25) is 0 Å². The average Bonchev–Trinajstić information content (AvgIpc) is 2.62. The van der Waals surface area contributed by atoms with Gasteiger partial charge in [-0.1, -0.05) is 36.5 Å². The third-order valence-corrected chi connectivity index (χ3v) is 4.26. The summed E-state index contributed by atoms with van der Waals surface area (Å²) in [6.07, 6.45) is 3.30. The molecule has 1 amide bonds. The Kier molecular flexibility index (Phi) is 4.84. The number of hydrogen-bond acceptors (Lipinski definition) is 3. The van der Waals surface area contributed by atoms with E-state index >= 15 is 0 Å². The van der Waals surface area contributed by atoms with Gasteiger partial charge >= 0.3 is 0 Å². The lowest BCUT2D eigenvalue weighted by Crippen LogP contribution is -2.36. The molecule has 1 unspecified atom stereocenters. The number of rotatable bonds is 3. The molecule has 1 atom stereocenters. The molecular weight excluding hydrogens is 332 g/mol. The van der Waals surface area contributed by atoms with Crippen molar-refractivity contribution in [2.75, 3.05) is 5.32 Å². The number of para-hydroxylation sites is 1. The van der Waals surface area contributed by atoms with Crippen molar-refractivity contribution < 1.29 is 4.79 Å². The monoisotopic (exact) mass is 347 g/mol. The summed E-state index contributed by atoms with van der Waals surface area (Å²) in [4.78, 5) is 17.4. The van der Waals surface area contributed by atoms with Crippen LogP contribution in [0.5, 0.6) is 0 Å². The molecule has 1 aliphatic heterocycles. The summed E-state index contributed by atoms with van der Waals surface area (Å²) in [5.74, 6) is 1.32. The first-order valence-electron chi connectivity index (χ1n) is 7.67. The predicted octanol–water partition coefficient (Wildman–Crippen LogP) is 3.17. The van der Waals surface area contributed by atoms with Crippen molar-refractivity contribution in [3.63, 3.8) is 0 Å². The van der Waals surface area contributed by atoms with E-state index in [1.54, 1.807) is 25.4 Å². The Morgan fingerprint density at radius 2 is 2.04 bits per heavy atom. The highest BCUT2D eigenvalue weighted by molar-refractivity contribution is 7.80. The Hall–Kier alpha value is -3.08. The quantitative estimate of drug-likeness (QED) is 0.508. The van der Waals surface area contributed by atoms with Crippen LogP contribution < -0.4 is 10.6 Å². The largest absolute Gasteiger partial charge is 0.763 e. The third kappa shape index (κ3) is 3.40. The molecule has 25 heavy (non-hydrogen) atoms. The van der Waals surface area contributed by atoms with Gasteiger partial charge in [-0.15, -0.1) is 0 Å². The zero-order valence-corrected chi connectivity index (χ0v) is 14.3. The summed E-state index contributed by atoms with van der Waals surface area (Å²) in [5.41, 5.74) is 2.87. The summed E-state index contributed by atoms with van der Waals surface area (Å²) in [5, 5.41) is 15.4. The van der Waals surface area contributed by atoms with Crippen LogP contribution in [-0.2, 0) is 4.79 Å². The molecule has 1 aliphatic rings. The van der Waals surface area contributed by atoms with Crippen molar-refractivity contribution in [3.05, 3.63) is 82.7 Å². The van der Waals surface area contributed by atoms with E-state index in [0.717, 1.165) is 5.56 Å². The highest BCUT2D eigenvalue weighted by atomic mass is 32.1. The van der Waals surface area contributed by atoms with E-state index in [1.165, 1.54) is 0 Å². The first-order chi connectivity index (χ1) is 12.1. The summed E-state index contributed by atoms with van der Waals surface area (Å²) in [7, 11) is 0. The van der Waals surface area contributed by atoms with Crippen molar-refractivity contribution in [2.24, 2.45) is 0 Å². The lowest BCUT2D eigenvalue weighted by Gasteiger charge is -2.30. The molecule has 1 aromatic heterocycles. The number of pyridine rings is 1. The van der Waals surface area contributed by atoms with Crippen molar-refractivity contribution in [3.8, 4) is 0 Å². The lowest BCUT2D eigenvalue weighted by molar-refractivity contribution is -0.113. The molecule has 3 rings (SSSR count). The van der Waals surface area contributed by atoms with Gasteiger partial charge in [0.25, 0.3) is 5.91 Å². The first-order valence-corrected chi connectivity index (χ1v) is 8.08. The number of anilines is 1. The molecule has 6 heteroatoms. The predicted molar refractivity (Wildman–Crippen MR) is 102 cm³/mol.